The Morgan fingerprint density at radius 2 is 1.84 bits per heavy atom. The molecular weight excluding hydrogens is 408 g/mol. The van der Waals surface area contributed by atoms with Gasteiger partial charge in [-0.25, -0.2) is 4.98 Å². The van der Waals surface area contributed by atoms with E-state index in [9.17, 15) is 4.79 Å². The van der Waals surface area contributed by atoms with E-state index < -0.39 is 0 Å². The average Bonchev–Trinajstić information content (AvgIpc) is 3.60. The van der Waals surface area contributed by atoms with Gasteiger partial charge in [0.05, 0.1) is 29.3 Å². The van der Waals surface area contributed by atoms with Crippen LogP contribution in [0.25, 0.3) is 10.6 Å². The Labute approximate surface area is 188 Å². The lowest BCUT2D eigenvalue weighted by molar-refractivity contribution is -0.0199. The number of nitrogens with one attached hydrogen (secondary N) is 1. The second-order valence-corrected chi connectivity index (χ2v) is 9.90. The van der Waals surface area contributed by atoms with Crippen molar-refractivity contribution in [2.45, 2.75) is 44.1 Å². The van der Waals surface area contributed by atoms with Gasteiger partial charge in [-0.05, 0) is 49.3 Å². The molecule has 1 saturated carbocycles. The van der Waals surface area contributed by atoms with Crippen molar-refractivity contribution < 1.29 is 9.53 Å². The predicted molar refractivity (Wildman–Crippen MR) is 125 cm³/mol. The Kier molecular flexibility index (Phi) is 6.25. The fourth-order valence-electron chi connectivity index (χ4n) is 5.37. The topological polar surface area (TPSA) is 57.7 Å². The molecule has 5 rings (SSSR count). The molecular formula is C24H32N4O2S. The van der Waals surface area contributed by atoms with Crippen LogP contribution >= 0.6 is 11.3 Å². The maximum absolute atomic E-state index is 13.4. The van der Waals surface area contributed by atoms with Crippen LogP contribution in [0.3, 0.4) is 0 Å². The molecule has 0 atom stereocenters. The second-order valence-electron chi connectivity index (χ2n) is 8.95. The molecule has 6 nitrogen and oxygen atoms in total. The summed E-state index contributed by atoms with van der Waals surface area (Å²) in [7, 11) is 0. The summed E-state index contributed by atoms with van der Waals surface area (Å²) in [5, 5.41) is 5.38. The summed E-state index contributed by atoms with van der Waals surface area (Å²) in [6, 6.07) is 8.10. The van der Waals surface area contributed by atoms with E-state index >= 15 is 0 Å². The van der Waals surface area contributed by atoms with Gasteiger partial charge in [-0.15, -0.1) is 11.3 Å². The molecule has 1 aliphatic carbocycles. The third-order valence-electron chi connectivity index (χ3n) is 7.09. The zero-order chi connectivity index (χ0) is 21.1. The number of hydrogen-bond acceptors (Lipinski definition) is 6. The second kappa shape index (κ2) is 9.27. The number of ether oxygens (including phenoxy) is 1. The van der Waals surface area contributed by atoms with E-state index in [4.69, 9.17) is 9.72 Å². The molecule has 2 aliphatic heterocycles. The molecule has 3 aliphatic rings. The van der Waals surface area contributed by atoms with Crippen LogP contribution in [0.5, 0.6) is 0 Å². The van der Waals surface area contributed by atoms with Gasteiger partial charge in [-0.2, -0.15) is 0 Å². The molecule has 3 fully saturated rings. The largest absolute Gasteiger partial charge is 0.379 e. The fraction of sp³-hybridized carbons (Fsp3) is 0.583. The highest BCUT2D eigenvalue weighted by atomic mass is 32.1. The highest BCUT2D eigenvalue weighted by Gasteiger charge is 2.40. The van der Waals surface area contributed by atoms with Crippen molar-refractivity contribution in [2.75, 3.05) is 50.8 Å². The van der Waals surface area contributed by atoms with E-state index in [0.717, 1.165) is 81.5 Å². The lowest BCUT2D eigenvalue weighted by Crippen LogP contribution is -2.57. The quantitative estimate of drug-likeness (QED) is 0.741. The SMILES string of the molecule is O=C(NCC1(N2CCOCC2)CCCC1)c1ccc(-c2cccs2)nc1N1CCCC1. The summed E-state index contributed by atoms with van der Waals surface area (Å²) in [4.78, 5) is 24.3. The molecule has 2 saturated heterocycles. The summed E-state index contributed by atoms with van der Waals surface area (Å²) in [5.41, 5.74) is 1.74. The van der Waals surface area contributed by atoms with Crippen molar-refractivity contribution in [2.24, 2.45) is 0 Å². The molecule has 2 aromatic rings. The highest BCUT2D eigenvalue weighted by molar-refractivity contribution is 7.13. The van der Waals surface area contributed by atoms with E-state index in [-0.39, 0.29) is 11.4 Å². The summed E-state index contributed by atoms with van der Waals surface area (Å²) in [6.07, 6.45) is 7.11. The summed E-state index contributed by atoms with van der Waals surface area (Å²) in [5.74, 6) is 0.847. The van der Waals surface area contributed by atoms with Gasteiger partial charge in [-0.3, -0.25) is 9.69 Å². The predicted octanol–water partition coefficient (Wildman–Crippen LogP) is 3.79. The number of morpholine rings is 1. The maximum Gasteiger partial charge on any atom is 0.255 e. The minimum absolute atomic E-state index is 0.00617. The van der Waals surface area contributed by atoms with E-state index in [0.29, 0.717) is 12.1 Å². The molecule has 0 aromatic carbocycles. The smallest absolute Gasteiger partial charge is 0.255 e. The normalized spacial score (nSPS) is 21.5. The van der Waals surface area contributed by atoms with Crippen LogP contribution in [-0.2, 0) is 4.74 Å². The molecule has 166 valence electrons. The van der Waals surface area contributed by atoms with Gasteiger partial charge in [0.1, 0.15) is 5.82 Å². The summed E-state index contributed by atoms with van der Waals surface area (Å²) in [6.45, 7) is 6.17. The van der Waals surface area contributed by atoms with Crippen LogP contribution in [0, 0.1) is 0 Å². The molecule has 1 amide bonds. The first-order valence-electron chi connectivity index (χ1n) is 11.7. The molecule has 0 bridgehead atoms. The number of hydrogen-bond donors (Lipinski definition) is 1. The number of carbonyl (C=O) groups excluding carboxylic acids is 1. The van der Waals surface area contributed by atoms with Crippen LogP contribution in [0.15, 0.2) is 29.6 Å². The number of nitrogens with zero attached hydrogens (tertiary/aromatic N) is 3. The number of pyridine rings is 1. The van der Waals surface area contributed by atoms with E-state index in [1.54, 1.807) is 11.3 Å². The van der Waals surface area contributed by atoms with Crippen LogP contribution in [0.1, 0.15) is 48.9 Å². The minimum atomic E-state index is 0.00617. The van der Waals surface area contributed by atoms with E-state index in [1.165, 1.54) is 12.8 Å². The molecule has 2 aromatic heterocycles. The third kappa shape index (κ3) is 4.36. The zero-order valence-electron chi connectivity index (χ0n) is 18.1. The molecule has 1 N–H and O–H groups in total. The van der Waals surface area contributed by atoms with Gasteiger partial charge >= 0.3 is 0 Å². The summed E-state index contributed by atoms with van der Waals surface area (Å²) < 4.78 is 5.57. The number of thiophene rings is 1. The Morgan fingerprint density at radius 3 is 2.55 bits per heavy atom. The number of anilines is 1. The van der Waals surface area contributed by atoms with Crippen molar-refractivity contribution in [1.29, 1.82) is 0 Å². The van der Waals surface area contributed by atoms with Gasteiger partial charge < -0.3 is 15.0 Å². The van der Waals surface area contributed by atoms with Gasteiger partial charge in [-0.1, -0.05) is 18.9 Å². The van der Waals surface area contributed by atoms with Gasteiger partial charge in [0, 0.05) is 38.3 Å². The van der Waals surface area contributed by atoms with Crippen molar-refractivity contribution >= 4 is 23.1 Å². The number of amides is 1. The van der Waals surface area contributed by atoms with Crippen LogP contribution in [-0.4, -0.2) is 67.3 Å². The first kappa shape index (κ1) is 20.9. The van der Waals surface area contributed by atoms with Crippen molar-refractivity contribution in [3.63, 3.8) is 0 Å². The van der Waals surface area contributed by atoms with Crippen molar-refractivity contribution in [3.05, 3.63) is 35.2 Å². The van der Waals surface area contributed by atoms with Gasteiger partial charge in [0.25, 0.3) is 5.91 Å². The molecule has 7 heteroatoms. The number of carbonyl (C=O) groups is 1. The third-order valence-corrected chi connectivity index (χ3v) is 7.99. The van der Waals surface area contributed by atoms with Gasteiger partial charge in [0.15, 0.2) is 0 Å². The Hall–Kier alpha value is -1.96. The summed E-state index contributed by atoms with van der Waals surface area (Å²) >= 11 is 1.69. The van der Waals surface area contributed by atoms with E-state index in [2.05, 4.69) is 26.6 Å². The Bertz CT molecular complexity index is 883. The lowest BCUT2D eigenvalue weighted by atomic mass is 9.94. The van der Waals surface area contributed by atoms with Crippen LogP contribution in [0.2, 0.25) is 0 Å². The Balaban J connectivity index is 1.36. The molecule has 0 radical (unpaired) electrons. The fourth-order valence-corrected chi connectivity index (χ4v) is 6.07. The molecule has 0 spiro atoms. The molecule has 31 heavy (non-hydrogen) atoms. The van der Waals surface area contributed by atoms with E-state index in [1.807, 2.05) is 18.2 Å². The van der Waals surface area contributed by atoms with Crippen LogP contribution in [0.4, 0.5) is 5.82 Å². The molecule has 0 unspecified atom stereocenters. The van der Waals surface area contributed by atoms with Crippen molar-refractivity contribution in [1.82, 2.24) is 15.2 Å². The molecule has 4 heterocycles. The first-order valence-corrected chi connectivity index (χ1v) is 12.5. The van der Waals surface area contributed by atoms with Crippen LogP contribution < -0.4 is 10.2 Å². The van der Waals surface area contributed by atoms with Crippen molar-refractivity contribution in [3.8, 4) is 10.6 Å². The monoisotopic (exact) mass is 440 g/mol. The maximum atomic E-state index is 13.4. The first-order chi connectivity index (χ1) is 15.3. The average molecular weight is 441 g/mol. The highest BCUT2D eigenvalue weighted by Crippen LogP contribution is 2.36. The Morgan fingerprint density at radius 1 is 1.06 bits per heavy atom. The number of aromatic nitrogens is 1. The minimum Gasteiger partial charge on any atom is -0.379 e. The zero-order valence-corrected chi connectivity index (χ0v) is 19.0. The lowest BCUT2D eigenvalue weighted by Gasteiger charge is -2.43. The standard InChI is InChI=1S/C24H32N4O2S/c29-23(25-18-24(9-1-2-10-24)28-13-15-30-16-14-28)19-7-8-20(21-6-5-17-31-21)26-22(19)27-11-3-4-12-27/h5-8,17H,1-4,9-16,18H2,(H,25,29). The van der Waals surface area contributed by atoms with Gasteiger partial charge in [0.2, 0.25) is 0 Å². The number of rotatable bonds is 6.